The Morgan fingerprint density at radius 3 is 2.67 bits per heavy atom. The fourth-order valence-corrected chi connectivity index (χ4v) is 3.39. The van der Waals surface area contributed by atoms with Crippen molar-refractivity contribution < 1.29 is 4.74 Å². The third-order valence-electron chi connectivity index (χ3n) is 4.20. The summed E-state index contributed by atoms with van der Waals surface area (Å²) < 4.78 is 7.37. The lowest BCUT2D eigenvalue weighted by atomic mass is 9.90. The summed E-state index contributed by atoms with van der Waals surface area (Å²) in [7, 11) is 2.01. The van der Waals surface area contributed by atoms with Crippen molar-refractivity contribution in [2.45, 2.75) is 32.4 Å². The van der Waals surface area contributed by atoms with Gasteiger partial charge in [-0.3, -0.25) is 0 Å². The average molecular weight is 346 g/mol. The number of aryl methyl sites for hydroxylation is 2. The van der Waals surface area contributed by atoms with Crippen LogP contribution in [0.1, 0.15) is 40.8 Å². The molecule has 110 valence electrons. The Bertz CT molecular complexity index is 668. The Morgan fingerprint density at radius 1 is 1.10 bits per heavy atom. The van der Waals surface area contributed by atoms with Crippen molar-refractivity contribution in [3.63, 3.8) is 0 Å². The van der Waals surface area contributed by atoms with Crippen molar-refractivity contribution in [1.82, 2.24) is 5.32 Å². The Labute approximate surface area is 134 Å². The summed E-state index contributed by atoms with van der Waals surface area (Å²) >= 11 is 3.54. The third kappa shape index (κ3) is 2.85. The number of benzene rings is 2. The van der Waals surface area contributed by atoms with Gasteiger partial charge in [0.25, 0.3) is 0 Å². The van der Waals surface area contributed by atoms with Gasteiger partial charge in [0.2, 0.25) is 0 Å². The molecule has 0 bridgehead atoms. The molecule has 0 fully saturated rings. The van der Waals surface area contributed by atoms with Crippen LogP contribution in [0.5, 0.6) is 5.75 Å². The third-order valence-corrected chi connectivity index (χ3v) is 4.69. The van der Waals surface area contributed by atoms with E-state index in [-0.39, 0.29) is 6.10 Å². The molecule has 1 aliphatic rings. The molecule has 3 heteroatoms. The molecule has 0 aliphatic carbocycles. The van der Waals surface area contributed by atoms with Gasteiger partial charge in [0.15, 0.2) is 0 Å². The highest BCUT2D eigenvalue weighted by Gasteiger charge is 2.29. The van der Waals surface area contributed by atoms with Crippen LogP contribution < -0.4 is 10.1 Å². The van der Waals surface area contributed by atoms with Gasteiger partial charge in [0.05, 0.1) is 0 Å². The topological polar surface area (TPSA) is 21.3 Å². The summed E-state index contributed by atoms with van der Waals surface area (Å²) in [6, 6.07) is 13.1. The molecule has 1 aliphatic heterocycles. The summed E-state index contributed by atoms with van der Waals surface area (Å²) in [4.78, 5) is 0. The van der Waals surface area contributed by atoms with E-state index in [0.29, 0.717) is 6.04 Å². The quantitative estimate of drug-likeness (QED) is 0.839. The Morgan fingerprint density at radius 2 is 1.90 bits per heavy atom. The van der Waals surface area contributed by atoms with E-state index in [2.05, 4.69) is 65.4 Å². The average Bonchev–Trinajstić information content (AvgIpc) is 2.48. The number of halogens is 1. The molecule has 21 heavy (non-hydrogen) atoms. The number of nitrogens with one attached hydrogen (secondary N) is 1. The van der Waals surface area contributed by atoms with E-state index in [1.54, 1.807) is 0 Å². The van der Waals surface area contributed by atoms with Gasteiger partial charge in [-0.2, -0.15) is 0 Å². The van der Waals surface area contributed by atoms with Crippen LogP contribution in [-0.4, -0.2) is 7.05 Å². The number of rotatable bonds is 2. The highest BCUT2D eigenvalue weighted by molar-refractivity contribution is 9.10. The normalized spacial score (nSPS) is 20.8. The van der Waals surface area contributed by atoms with Crippen LogP contribution in [-0.2, 0) is 0 Å². The molecular weight excluding hydrogens is 326 g/mol. The van der Waals surface area contributed by atoms with Gasteiger partial charge in [-0.05, 0) is 50.2 Å². The first kappa shape index (κ1) is 14.6. The summed E-state index contributed by atoms with van der Waals surface area (Å²) in [6.45, 7) is 4.29. The first-order chi connectivity index (χ1) is 10.1. The molecule has 2 aromatic carbocycles. The summed E-state index contributed by atoms with van der Waals surface area (Å²) in [5, 5.41) is 3.42. The molecular formula is C18H20BrNO. The largest absolute Gasteiger partial charge is 0.485 e. The van der Waals surface area contributed by atoms with Crippen molar-refractivity contribution in [2.75, 3.05) is 7.05 Å². The monoisotopic (exact) mass is 345 g/mol. The maximum Gasteiger partial charge on any atom is 0.126 e. The van der Waals surface area contributed by atoms with Gasteiger partial charge in [0, 0.05) is 22.5 Å². The lowest BCUT2D eigenvalue weighted by Crippen LogP contribution is -2.27. The van der Waals surface area contributed by atoms with Crippen LogP contribution in [0.2, 0.25) is 0 Å². The van der Waals surface area contributed by atoms with Crippen molar-refractivity contribution in [3.8, 4) is 5.75 Å². The SMILES string of the molecule is CNC1CC(c2cc(C)ccc2C)Oc2ccc(Br)cc21. The minimum Gasteiger partial charge on any atom is -0.485 e. The highest BCUT2D eigenvalue weighted by Crippen LogP contribution is 2.42. The number of ether oxygens (including phenoxy) is 1. The predicted octanol–water partition coefficient (Wildman–Crippen LogP) is 4.85. The molecule has 3 rings (SSSR count). The Hall–Kier alpha value is -1.32. The summed E-state index contributed by atoms with van der Waals surface area (Å²) in [5.74, 6) is 0.981. The van der Waals surface area contributed by atoms with E-state index in [0.717, 1.165) is 16.6 Å². The smallest absolute Gasteiger partial charge is 0.126 e. The number of fused-ring (bicyclic) bond motifs is 1. The van der Waals surface area contributed by atoms with Gasteiger partial charge in [0.1, 0.15) is 11.9 Å². The van der Waals surface area contributed by atoms with Crippen LogP contribution in [0, 0.1) is 13.8 Å². The van der Waals surface area contributed by atoms with Crippen LogP contribution in [0.25, 0.3) is 0 Å². The molecule has 1 N–H and O–H groups in total. The molecule has 2 atom stereocenters. The minimum absolute atomic E-state index is 0.107. The minimum atomic E-state index is 0.107. The first-order valence-electron chi connectivity index (χ1n) is 7.29. The molecule has 0 aromatic heterocycles. The molecule has 0 spiro atoms. The molecule has 0 radical (unpaired) electrons. The summed E-state index contributed by atoms with van der Waals surface area (Å²) in [5.41, 5.74) is 5.10. The van der Waals surface area contributed by atoms with Gasteiger partial charge in [-0.1, -0.05) is 39.7 Å². The zero-order valence-corrected chi connectivity index (χ0v) is 14.2. The van der Waals surface area contributed by atoms with E-state index in [9.17, 15) is 0 Å². The van der Waals surface area contributed by atoms with Crippen LogP contribution in [0.15, 0.2) is 40.9 Å². The maximum absolute atomic E-state index is 6.28. The molecule has 1 heterocycles. The molecule has 2 aromatic rings. The maximum atomic E-state index is 6.28. The van der Waals surface area contributed by atoms with Crippen molar-refractivity contribution in [1.29, 1.82) is 0 Å². The van der Waals surface area contributed by atoms with E-state index in [4.69, 9.17) is 4.74 Å². The predicted molar refractivity (Wildman–Crippen MR) is 89.8 cm³/mol. The van der Waals surface area contributed by atoms with E-state index in [1.165, 1.54) is 22.3 Å². The van der Waals surface area contributed by atoms with Gasteiger partial charge < -0.3 is 10.1 Å². The summed E-state index contributed by atoms with van der Waals surface area (Å²) in [6.07, 6.45) is 1.06. The molecule has 0 amide bonds. The van der Waals surface area contributed by atoms with E-state index in [1.807, 2.05) is 13.1 Å². The number of hydrogen-bond donors (Lipinski definition) is 1. The highest BCUT2D eigenvalue weighted by atomic mass is 79.9. The Kier molecular flexibility index (Phi) is 4.05. The second kappa shape index (κ2) is 5.82. The van der Waals surface area contributed by atoms with E-state index >= 15 is 0 Å². The standard InChI is InChI=1S/C18H20BrNO/c1-11-4-5-12(2)14(8-11)18-10-16(20-3)15-9-13(19)6-7-17(15)21-18/h4-9,16,18,20H,10H2,1-3H3. The van der Waals surface area contributed by atoms with Crippen molar-refractivity contribution in [2.24, 2.45) is 0 Å². The second-order valence-electron chi connectivity index (χ2n) is 5.73. The molecule has 0 saturated carbocycles. The van der Waals surface area contributed by atoms with Crippen molar-refractivity contribution in [3.05, 3.63) is 63.1 Å². The first-order valence-corrected chi connectivity index (χ1v) is 8.08. The second-order valence-corrected chi connectivity index (χ2v) is 6.64. The lowest BCUT2D eigenvalue weighted by Gasteiger charge is -2.33. The van der Waals surface area contributed by atoms with Crippen LogP contribution in [0.4, 0.5) is 0 Å². The fraction of sp³-hybridized carbons (Fsp3) is 0.333. The van der Waals surface area contributed by atoms with Gasteiger partial charge in [-0.15, -0.1) is 0 Å². The Balaban J connectivity index is 2.00. The van der Waals surface area contributed by atoms with Gasteiger partial charge >= 0.3 is 0 Å². The van der Waals surface area contributed by atoms with E-state index < -0.39 is 0 Å². The molecule has 0 saturated heterocycles. The van der Waals surface area contributed by atoms with Crippen molar-refractivity contribution >= 4 is 15.9 Å². The van der Waals surface area contributed by atoms with Crippen LogP contribution >= 0.6 is 15.9 Å². The molecule has 2 unspecified atom stereocenters. The zero-order valence-electron chi connectivity index (χ0n) is 12.6. The van der Waals surface area contributed by atoms with Crippen LogP contribution in [0.3, 0.4) is 0 Å². The fourth-order valence-electron chi connectivity index (χ4n) is 3.01. The molecule has 2 nitrogen and oxygen atoms in total. The zero-order chi connectivity index (χ0) is 15.0. The number of hydrogen-bond acceptors (Lipinski definition) is 2. The van der Waals surface area contributed by atoms with Gasteiger partial charge in [-0.25, -0.2) is 0 Å². The lowest BCUT2D eigenvalue weighted by molar-refractivity contribution is 0.153.